The van der Waals surface area contributed by atoms with Gasteiger partial charge in [-0.2, -0.15) is 4.37 Å². The molecule has 0 saturated carbocycles. The van der Waals surface area contributed by atoms with Crippen molar-refractivity contribution in [2.24, 2.45) is 5.73 Å². The van der Waals surface area contributed by atoms with Gasteiger partial charge >= 0.3 is 0 Å². The Morgan fingerprint density at radius 2 is 1.81 bits per heavy atom. The first kappa shape index (κ1) is 18.3. The number of ketones is 1. The van der Waals surface area contributed by atoms with Gasteiger partial charge < -0.3 is 11.1 Å². The highest BCUT2D eigenvalue weighted by atomic mass is 32.1. The second kappa shape index (κ2) is 8.28. The molecule has 0 aliphatic heterocycles. The Bertz CT molecular complexity index is 959. The smallest absolute Gasteiger partial charge is 0.287 e. The number of Topliss-reactive ketones (excluding diaryl/α,β-unsaturated/α-hetero) is 1. The average Bonchev–Trinajstić information content (AvgIpc) is 3.18. The van der Waals surface area contributed by atoms with E-state index in [-0.39, 0.29) is 12.0 Å². The number of primary amides is 1. The van der Waals surface area contributed by atoms with Crippen LogP contribution < -0.4 is 11.1 Å². The second-order valence-electron chi connectivity index (χ2n) is 5.57. The molecule has 3 aromatic heterocycles. The molecule has 0 aliphatic rings. The Balaban J connectivity index is 1.84. The molecule has 2 amide bonds. The third-order valence-electron chi connectivity index (χ3n) is 3.73. The van der Waals surface area contributed by atoms with Crippen LogP contribution in [0.4, 0.5) is 0 Å². The lowest BCUT2D eigenvalue weighted by Gasteiger charge is -2.16. The van der Waals surface area contributed by atoms with Crippen molar-refractivity contribution < 1.29 is 14.4 Å². The van der Waals surface area contributed by atoms with Crippen molar-refractivity contribution in [2.45, 2.75) is 12.5 Å². The molecule has 9 heteroatoms. The first-order chi connectivity index (χ1) is 13.1. The van der Waals surface area contributed by atoms with Gasteiger partial charge in [0.1, 0.15) is 11.7 Å². The minimum absolute atomic E-state index is 0.0465. The largest absolute Gasteiger partial charge is 0.363 e. The van der Waals surface area contributed by atoms with E-state index in [4.69, 9.17) is 5.73 Å². The molecule has 27 heavy (non-hydrogen) atoms. The highest BCUT2D eigenvalue weighted by Crippen LogP contribution is 2.22. The van der Waals surface area contributed by atoms with Crippen LogP contribution in [0.2, 0.25) is 0 Å². The van der Waals surface area contributed by atoms with E-state index in [0.717, 1.165) is 11.5 Å². The average molecular weight is 381 g/mol. The van der Waals surface area contributed by atoms with Gasteiger partial charge in [0, 0.05) is 29.9 Å². The van der Waals surface area contributed by atoms with Crippen molar-refractivity contribution in [3.63, 3.8) is 0 Å². The minimum atomic E-state index is -1.12. The maximum Gasteiger partial charge on any atom is 0.287 e. The summed E-state index contributed by atoms with van der Waals surface area (Å²) in [5.74, 6) is -2.55. The van der Waals surface area contributed by atoms with Crippen LogP contribution in [0.25, 0.3) is 11.4 Å². The van der Waals surface area contributed by atoms with E-state index in [0.29, 0.717) is 17.1 Å². The van der Waals surface area contributed by atoms with Crippen LogP contribution in [0.1, 0.15) is 16.1 Å². The van der Waals surface area contributed by atoms with Gasteiger partial charge in [-0.25, -0.2) is 0 Å². The maximum atomic E-state index is 12.7. The molecule has 1 atom stereocenters. The van der Waals surface area contributed by atoms with Crippen LogP contribution in [-0.4, -0.2) is 38.0 Å². The van der Waals surface area contributed by atoms with Crippen LogP contribution in [-0.2, 0) is 16.0 Å². The molecule has 0 fully saturated rings. The number of nitrogens with one attached hydrogen (secondary N) is 1. The van der Waals surface area contributed by atoms with Gasteiger partial charge in [-0.3, -0.25) is 24.4 Å². The first-order valence-corrected chi connectivity index (χ1v) is 8.80. The van der Waals surface area contributed by atoms with Gasteiger partial charge in [-0.05, 0) is 35.8 Å². The molecule has 0 saturated heterocycles. The molecule has 8 nitrogen and oxygen atoms in total. The molecule has 3 aromatic rings. The lowest BCUT2D eigenvalue weighted by molar-refractivity contribution is -0.137. The van der Waals surface area contributed by atoms with E-state index in [1.54, 1.807) is 54.2 Å². The molecule has 3 N–H and O–H groups in total. The van der Waals surface area contributed by atoms with E-state index in [9.17, 15) is 14.4 Å². The fourth-order valence-corrected chi connectivity index (χ4v) is 3.10. The lowest BCUT2D eigenvalue weighted by Crippen LogP contribution is -2.47. The van der Waals surface area contributed by atoms with E-state index in [1.807, 2.05) is 0 Å². The van der Waals surface area contributed by atoms with Crippen molar-refractivity contribution >= 4 is 29.1 Å². The van der Waals surface area contributed by atoms with E-state index < -0.39 is 23.6 Å². The number of amides is 2. The van der Waals surface area contributed by atoms with Crippen molar-refractivity contribution in [1.29, 1.82) is 0 Å². The third-order valence-corrected chi connectivity index (χ3v) is 4.35. The highest BCUT2D eigenvalue weighted by molar-refractivity contribution is 7.04. The Morgan fingerprint density at radius 1 is 1.07 bits per heavy atom. The molecular formula is C18H15N5O3S. The number of carbonyl (C=O) groups is 3. The number of nitrogens with zero attached hydrogens (tertiary/aromatic N) is 3. The number of rotatable bonds is 7. The molecule has 3 heterocycles. The van der Waals surface area contributed by atoms with Crippen molar-refractivity contribution in [3.8, 4) is 11.4 Å². The van der Waals surface area contributed by atoms with Gasteiger partial charge in [-0.1, -0.05) is 12.1 Å². The Kier molecular flexibility index (Phi) is 5.62. The zero-order valence-electron chi connectivity index (χ0n) is 14.0. The molecule has 3 rings (SSSR count). The molecular weight excluding hydrogens is 366 g/mol. The molecule has 136 valence electrons. The number of pyridine rings is 2. The second-order valence-corrected chi connectivity index (χ2v) is 6.20. The summed E-state index contributed by atoms with van der Waals surface area (Å²) in [6.07, 6.45) is 3.20. The maximum absolute atomic E-state index is 12.7. The number of hydrogen-bond acceptors (Lipinski definition) is 7. The van der Waals surface area contributed by atoms with Crippen molar-refractivity contribution in [1.82, 2.24) is 19.7 Å². The first-order valence-electron chi connectivity index (χ1n) is 7.96. The Hall–Kier alpha value is -3.46. The van der Waals surface area contributed by atoms with E-state index in [2.05, 4.69) is 19.7 Å². The van der Waals surface area contributed by atoms with E-state index in [1.165, 1.54) is 0 Å². The SMILES string of the molecule is NC(=O)C(=O)C(Cc1ccccn1)NC(=O)c1csnc1-c1ccccn1. The van der Waals surface area contributed by atoms with Crippen molar-refractivity contribution in [2.75, 3.05) is 0 Å². The van der Waals surface area contributed by atoms with Gasteiger partial charge in [0.15, 0.2) is 0 Å². The molecule has 0 bridgehead atoms. The number of hydrogen-bond donors (Lipinski definition) is 2. The predicted molar refractivity (Wildman–Crippen MR) is 98.7 cm³/mol. The van der Waals surface area contributed by atoms with Crippen LogP contribution in [0, 0.1) is 0 Å². The summed E-state index contributed by atoms with van der Waals surface area (Å²) in [4.78, 5) is 44.6. The lowest BCUT2D eigenvalue weighted by atomic mass is 10.0. The minimum Gasteiger partial charge on any atom is -0.363 e. The van der Waals surface area contributed by atoms with Gasteiger partial charge in [-0.15, -0.1) is 0 Å². The molecule has 0 aromatic carbocycles. The van der Waals surface area contributed by atoms with Crippen LogP contribution in [0.5, 0.6) is 0 Å². The fourth-order valence-electron chi connectivity index (χ4n) is 2.43. The summed E-state index contributed by atoms with van der Waals surface area (Å²) in [6, 6.07) is 9.31. The standard InChI is InChI=1S/C18H15N5O3S/c19-17(25)16(24)14(9-11-5-1-3-7-20-11)22-18(26)12-10-27-23-15(12)13-6-2-4-8-21-13/h1-8,10,14H,9H2,(H2,19,25)(H,22,26). The normalized spacial score (nSPS) is 11.6. The zero-order valence-corrected chi connectivity index (χ0v) is 14.8. The van der Waals surface area contributed by atoms with Crippen LogP contribution >= 0.6 is 11.5 Å². The predicted octanol–water partition coefficient (Wildman–Crippen LogP) is 0.996. The summed E-state index contributed by atoms with van der Waals surface area (Å²) in [7, 11) is 0. The van der Waals surface area contributed by atoms with Gasteiger partial charge in [0.25, 0.3) is 11.8 Å². The van der Waals surface area contributed by atoms with Crippen LogP contribution in [0.3, 0.4) is 0 Å². The quantitative estimate of drug-likeness (QED) is 0.588. The summed E-state index contributed by atoms with van der Waals surface area (Å²) in [6.45, 7) is 0. The van der Waals surface area contributed by atoms with Gasteiger partial charge in [0.2, 0.25) is 5.78 Å². The molecule has 0 spiro atoms. The number of aromatic nitrogens is 3. The topological polar surface area (TPSA) is 128 Å². The molecule has 0 radical (unpaired) electrons. The zero-order chi connectivity index (χ0) is 19.2. The number of nitrogens with two attached hydrogens (primary N) is 1. The molecule has 1 unspecified atom stereocenters. The third kappa shape index (κ3) is 4.39. The Morgan fingerprint density at radius 3 is 2.44 bits per heavy atom. The van der Waals surface area contributed by atoms with Gasteiger partial charge in [0.05, 0.1) is 11.3 Å². The van der Waals surface area contributed by atoms with Crippen LogP contribution in [0.15, 0.2) is 54.2 Å². The summed E-state index contributed by atoms with van der Waals surface area (Å²) < 4.78 is 4.21. The number of carbonyl (C=O) groups excluding carboxylic acids is 3. The summed E-state index contributed by atoms with van der Waals surface area (Å²) in [5.41, 5.74) is 6.88. The van der Waals surface area contributed by atoms with Crippen molar-refractivity contribution in [3.05, 3.63) is 65.4 Å². The summed E-state index contributed by atoms with van der Waals surface area (Å²) in [5, 5.41) is 4.13. The fraction of sp³-hybridized carbons (Fsp3) is 0.111. The summed E-state index contributed by atoms with van der Waals surface area (Å²) >= 11 is 1.10. The monoisotopic (exact) mass is 381 g/mol. The molecule has 0 aliphatic carbocycles. The highest BCUT2D eigenvalue weighted by Gasteiger charge is 2.28. The van der Waals surface area contributed by atoms with E-state index >= 15 is 0 Å². The Labute approximate surface area is 158 Å².